The van der Waals surface area contributed by atoms with Crippen molar-refractivity contribution in [2.45, 2.75) is 39.0 Å². The first kappa shape index (κ1) is 18.7. The van der Waals surface area contributed by atoms with Crippen LogP contribution in [0.2, 0.25) is 5.02 Å². The molecule has 0 spiro atoms. The first-order valence-corrected chi connectivity index (χ1v) is 9.48. The SMILES string of the molecule is CC(Oc1cccc(Cl)c1)C(=O)NCc1ccc(CN2CCCC2)cc1. The molecular formula is C21H25ClN2O2. The fourth-order valence-corrected chi connectivity index (χ4v) is 3.27. The number of ether oxygens (including phenoxy) is 1. The summed E-state index contributed by atoms with van der Waals surface area (Å²) in [6.07, 6.45) is 2.03. The summed E-state index contributed by atoms with van der Waals surface area (Å²) in [6.45, 7) is 5.63. The normalized spacial score (nSPS) is 15.6. The highest BCUT2D eigenvalue weighted by Gasteiger charge is 2.15. The van der Waals surface area contributed by atoms with E-state index >= 15 is 0 Å². The van der Waals surface area contributed by atoms with E-state index in [1.54, 1.807) is 31.2 Å². The molecular weight excluding hydrogens is 348 g/mol. The molecule has 0 bridgehead atoms. The number of amides is 1. The third kappa shape index (κ3) is 5.48. The predicted octanol–water partition coefficient (Wildman–Crippen LogP) is 4.02. The molecule has 0 aromatic heterocycles. The van der Waals surface area contributed by atoms with Gasteiger partial charge in [-0.3, -0.25) is 9.69 Å². The van der Waals surface area contributed by atoms with Gasteiger partial charge in [0.1, 0.15) is 5.75 Å². The van der Waals surface area contributed by atoms with Gasteiger partial charge < -0.3 is 10.1 Å². The lowest BCUT2D eigenvalue weighted by atomic mass is 10.1. The second-order valence-corrected chi connectivity index (χ2v) is 7.17. The van der Waals surface area contributed by atoms with Crippen molar-refractivity contribution in [3.05, 3.63) is 64.7 Å². The number of carbonyl (C=O) groups is 1. The largest absolute Gasteiger partial charge is 0.481 e. The third-order valence-corrected chi connectivity index (χ3v) is 4.81. The van der Waals surface area contributed by atoms with E-state index in [9.17, 15) is 4.79 Å². The first-order valence-electron chi connectivity index (χ1n) is 9.10. The van der Waals surface area contributed by atoms with Crippen molar-refractivity contribution >= 4 is 17.5 Å². The molecule has 1 aliphatic heterocycles. The molecule has 1 fully saturated rings. The average Bonchev–Trinajstić information content (AvgIpc) is 3.14. The van der Waals surface area contributed by atoms with E-state index in [0.29, 0.717) is 17.3 Å². The second kappa shape index (κ2) is 9.06. The topological polar surface area (TPSA) is 41.6 Å². The average molecular weight is 373 g/mol. The minimum absolute atomic E-state index is 0.147. The Hall–Kier alpha value is -2.04. The molecule has 26 heavy (non-hydrogen) atoms. The van der Waals surface area contributed by atoms with Crippen LogP contribution >= 0.6 is 11.6 Å². The molecule has 5 heteroatoms. The summed E-state index contributed by atoms with van der Waals surface area (Å²) in [5.41, 5.74) is 2.40. The van der Waals surface area contributed by atoms with Gasteiger partial charge in [0.2, 0.25) is 0 Å². The third-order valence-electron chi connectivity index (χ3n) is 4.57. The Balaban J connectivity index is 1.46. The van der Waals surface area contributed by atoms with E-state index in [1.807, 2.05) is 0 Å². The standard InChI is InChI=1S/C21H25ClN2O2/c1-16(26-20-6-4-5-19(22)13-20)21(25)23-14-17-7-9-18(10-8-17)15-24-11-2-3-12-24/h4-10,13,16H,2-3,11-12,14-15H2,1H3,(H,23,25). The molecule has 1 heterocycles. The maximum Gasteiger partial charge on any atom is 0.261 e. The molecule has 0 saturated carbocycles. The van der Waals surface area contributed by atoms with E-state index in [-0.39, 0.29) is 5.91 Å². The van der Waals surface area contributed by atoms with Gasteiger partial charge in [0.15, 0.2) is 6.10 Å². The zero-order chi connectivity index (χ0) is 18.4. The molecule has 1 unspecified atom stereocenters. The fraction of sp³-hybridized carbons (Fsp3) is 0.381. The van der Waals surface area contributed by atoms with E-state index in [1.165, 1.54) is 31.5 Å². The van der Waals surface area contributed by atoms with Crippen LogP contribution in [-0.4, -0.2) is 30.0 Å². The maximum atomic E-state index is 12.2. The monoisotopic (exact) mass is 372 g/mol. The molecule has 0 radical (unpaired) electrons. The fourth-order valence-electron chi connectivity index (χ4n) is 3.09. The van der Waals surface area contributed by atoms with Gasteiger partial charge in [0.05, 0.1) is 0 Å². The van der Waals surface area contributed by atoms with Crippen molar-refractivity contribution in [2.24, 2.45) is 0 Å². The summed E-state index contributed by atoms with van der Waals surface area (Å²) in [5.74, 6) is 0.442. The van der Waals surface area contributed by atoms with Crippen LogP contribution in [0.1, 0.15) is 30.9 Å². The summed E-state index contributed by atoms with van der Waals surface area (Å²) in [7, 11) is 0. The van der Waals surface area contributed by atoms with E-state index in [4.69, 9.17) is 16.3 Å². The van der Waals surface area contributed by atoms with Gasteiger partial charge in [-0.15, -0.1) is 0 Å². The Kier molecular flexibility index (Phi) is 6.53. The molecule has 4 nitrogen and oxygen atoms in total. The minimum Gasteiger partial charge on any atom is -0.481 e. The van der Waals surface area contributed by atoms with Crippen LogP contribution < -0.4 is 10.1 Å². The second-order valence-electron chi connectivity index (χ2n) is 6.74. The molecule has 1 aliphatic rings. The number of likely N-dealkylation sites (tertiary alicyclic amines) is 1. The molecule has 1 atom stereocenters. The molecule has 1 saturated heterocycles. The molecule has 138 valence electrons. The Morgan fingerprint density at radius 1 is 1.15 bits per heavy atom. The van der Waals surface area contributed by atoms with Crippen LogP contribution in [-0.2, 0) is 17.9 Å². The molecule has 1 amide bonds. The lowest BCUT2D eigenvalue weighted by Crippen LogP contribution is -2.35. The highest BCUT2D eigenvalue weighted by Crippen LogP contribution is 2.18. The van der Waals surface area contributed by atoms with Crippen LogP contribution in [0.5, 0.6) is 5.75 Å². The van der Waals surface area contributed by atoms with Crippen LogP contribution in [0.3, 0.4) is 0 Å². The number of hydrogen-bond donors (Lipinski definition) is 1. The van der Waals surface area contributed by atoms with Gasteiger partial charge in [0, 0.05) is 18.1 Å². The van der Waals surface area contributed by atoms with E-state index < -0.39 is 6.10 Å². The predicted molar refractivity (Wildman–Crippen MR) is 104 cm³/mol. The zero-order valence-electron chi connectivity index (χ0n) is 15.1. The van der Waals surface area contributed by atoms with Crippen molar-refractivity contribution in [2.75, 3.05) is 13.1 Å². The quantitative estimate of drug-likeness (QED) is 0.798. The smallest absolute Gasteiger partial charge is 0.261 e. The molecule has 2 aromatic rings. The summed E-state index contributed by atoms with van der Waals surface area (Å²) < 4.78 is 5.64. The van der Waals surface area contributed by atoms with Crippen LogP contribution in [0.15, 0.2) is 48.5 Å². The molecule has 1 N–H and O–H groups in total. The molecule has 2 aromatic carbocycles. The van der Waals surface area contributed by atoms with Gasteiger partial charge in [-0.05, 0) is 62.2 Å². The van der Waals surface area contributed by atoms with Crippen molar-refractivity contribution in [3.8, 4) is 5.75 Å². The molecule has 0 aliphatic carbocycles. The number of benzene rings is 2. The number of halogens is 1. The lowest BCUT2D eigenvalue weighted by molar-refractivity contribution is -0.127. The van der Waals surface area contributed by atoms with Crippen LogP contribution in [0.25, 0.3) is 0 Å². The summed E-state index contributed by atoms with van der Waals surface area (Å²) in [4.78, 5) is 14.7. The number of nitrogens with one attached hydrogen (secondary N) is 1. The Morgan fingerprint density at radius 2 is 1.85 bits per heavy atom. The van der Waals surface area contributed by atoms with E-state index in [0.717, 1.165) is 12.1 Å². The van der Waals surface area contributed by atoms with Gasteiger partial charge in [0.25, 0.3) is 5.91 Å². The number of carbonyl (C=O) groups excluding carboxylic acids is 1. The Bertz CT molecular complexity index is 727. The number of hydrogen-bond acceptors (Lipinski definition) is 3. The minimum atomic E-state index is -0.581. The number of rotatable bonds is 7. The van der Waals surface area contributed by atoms with Gasteiger partial charge in [-0.1, -0.05) is 41.9 Å². The highest BCUT2D eigenvalue weighted by molar-refractivity contribution is 6.30. The van der Waals surface area contributed by atoms with Crippen LogP contribution in [0, 0.1) is 0 Å². The van der Waals surface area contributed by atoms with E-state index in [2.05, 4.69) is 34.5 Å². The van der Waals surface area contributed by atoms with Gasteiger partial charge >= 0.3 is 0 Å². The number of nitrogens with zero attached hydrogens (tertiary/aromatic N) is 1. The van der Waals surface area contributed by atoms with Gasteiger partial charge in [-0.25, -0.2) is 0 Å². The Morgan fingerprint density at radius 3 is 2.54 bits per heavy atom. The Labute approximate surface area is 160 Å². The summed E-state index contributed by atoms with van der Waals surface area (Å²) in [5, 5.41) is 3.51. The zero-order valence-corrected chi connectivity index (χ0v) is 15.8. The maximum absolute atomic E-state index is 12.2. The summed E-state index contributed by atoms with van der Waals surface area (Å²) in [6, 6.07) is 15.5. The summed E-state index contributed by atoms with van der Waals surface area (Å²) >= 11 is 5.93. The first-order chi connectivity index (χ1) is 12.6. The van der Waals surface area contributed by atoms with Crippen molar-refractivity contribution in [1.29, 1.82) is 0 Å². The van der Waals surface area contributed by atoms with Crippen molar-refractivity contribution < 1.29 is 9.53 Å². The van der Waals surface area contributed by atoms with Gasteiger partial charge in [-0.2, -0.15) is 0 Å². The molecule has 3 rings (SSSR count). The van der Waals surface area contributed by atoms with Crippen molar-refractivity contribution in [1.82, 2.24) is 10.2 Å². The lowest BCUT2D eigenvalue weighted by Gasteiger charge is -2.16. The van der Waals surface area contributed by atoms with Crippen molar-refractivity contribution in [3.63, 3.8) is 0 Å². The van der Waals surface area contributed by atoms with Crippen LogP contribution in [0.4, 0.5) is 0 Å². The highest BCUT2D eigenvalue weighted by atomic mass is 35.5.